The van der Waals surface area contributed by atoms with E-state index in [2.05, 4.69) is 4.41 Å². The first-order chi connectivity index (χ1) is 4.96. The summed E-state index contributed by atoms with van der Waals surface area (Å²) in [5.74, 6) is 0. The first kappa shape index (κ1) is 12.2. The molecule has 0 rings (SSSR count). The summed E-state index contributed by atoms with van der Waals surface area (Å²) in [6.45, 7) is 8.69. The highest BCUT2D eigenvalue weighted by Crippen LogP contribution is 2.55. The fourth-order valence-corrected chi connectivity index (χ4v) is 3.90. The Balaban J connectivity index is 4.99. The first-order valence-electron chi connectivity index (χ1n) is 3.61. The van der Waals surface area contributed by atoms with E-state index < -0.39 is 16.3 Å². The number of halogens is 3. The smallest absolute Gasteiger partial charge is 0.249 e. The quantitative estimate of drug-likeness (QED) is 0.361. The third-order valence-corrected chi connectivity index (χ3v) is 8.20. The molecular formula is C6H15F3NPSi. The standard InChI is InChI=1S/C6H15F3NPSi/c1-6(2,3)11(4,5)10-12(7,8)9/h1-5H3. The highest BCUT2D eigenvalue weighted by Gasteiger charge is 2.41. The Kier molecular flexibility index (Phi) is 3.24. The molecule has 0 aliphatic heterocycles. The minimum Gasteiger partial charge on any atom is -0.249 e. The van der Waals surface area contributed by atoms with Gasteiger partial charge in [0, 0.05) is 0 Å². The largest absolute Gasteiger partial charge is 0.772 e. The predicted molar refractivity (Wildman–Crippen MR) is 50.0 cm³/mol. The zero-order chi connectivity index (χ0) is 10.2. The summed E-state index contributed by atoms with van der Waals surface area (Å²) in [7, 11) is -7.91. The van der Waals surface area contributed by atoms with Crippen molar-refractivity contribution in [2.45, 2.75) is 25.9 Å². The lowest BCUT2D eigenvalue weighted by atomic mass is 10.3. The molecule has 0 atom stereocenters. The number of rotatable bonds is 1. The molecule has 1 nitrogen and oxygen atoms in total. The maximum atomic E-state index is 12.1. The number of nitrogens with zero attached hydrogens (tertiary/aromatic N) is 1. The van der Waals surface area contributed by atoms with Gasteiger partial charge in [-0.25, -0.2) is 16.7 Å². The van der Waals surface area contributed by atoms with Gasteiger partial charge in [0.1, 0.15) is 0 Å². The second-order valence-electron chi connectivity index (χ2n) is 4.13. The van der Waals surface area contributed by atoms with Gasteiger partial charge in [0.05, 0.1) is 0 Å². The summed E-state index contributed by atoms with van der Waals surface area (Å²) in [4.78, 5) is 0. The van der Waals surface area contributed by atoms with Crippen molar-refractivity contribution in [3.63, 3.8) is 0 Å². The summed E-state index contributed by atoms with van der Waals surface area (Å²) >= 11 is 0. The first-order valence-corrected chi connectivity index (χ1v) is 7.83. The second-order valence-corrected chi connectivity index (χ2v) is 10.00. The molecule has 0 heterocycles. The van der Waals surface area contributed by atoms with Crippen LogP contribution in [0.3, 0.4) is 0 Å². The summed E-state index contributed by atoms with van der Waals surface area (Å²) in [6, 6.07) is 0. The van der Waals surface area contributed by atoms with Crippen LogP contribution in [0.1, 0.15) is 20.8 Å². The summed E-state index contributed by atoms with van der Waals surface area (Å²) in [5.41, 5.74) is 0. The maximum Gasteiger partial charge on any atom is 0.772 e. The molecule has 0 saturated carbocycles. The van der Waals surface area contributed by atoms with E-state index in [0.717, 1.165) is 0 Å². The minimum atomic E-state index is -5.73. The highest BCUT2D eigenvalue weighted by molar-refractivity contribution is 7.67. The monoisotopic (exact) mass is 217 g/mol. The molecule has 0 aromatic heterocycles. The molecule has 0 aliphatic rings. The Morgan fingerprint density at radius 2 is 1.42 bits per heavy atom. The van der Waals surface area contributed by atoms with E-state index in [4.69, 9.17) is 0 Å². The van der Waals surface area contributed by atoms with Crippen molar-refractivity contribution in [3.05, 3.63) is 0 Å². The lowest BCUT2D eigenvalue weighted by Crippen LogP contribution is -2.18. The predicted octanol–water partition coefficient (Wildman–Crippen LogP) is 3.59. The molecule has 0 amide bonds. The molecule has 0 fully saturated rings. The molecule has 0 spiro atoms. The molecule has 0 aromatic rings. The highest BCUT2D eigenvalue weighted by atomic mass is 31.2. The van der Waals surface area contributed by atoms with Crippen molar-refractivity contribution in [2.24, 2.45) is 4.41 Å². The zero-order valence-corrected chi connectivity index (χ0v) is 9.92. The van der Waals surface area contributed by atoms with Crippen LogP contribution >= 0.6 is 7.05 Å². The van der Waals surface area contributed by atoms with Crippen LogP contribution in [0.2, 0.25) is 0 Å². The summed E-state index contributed by atoms with van der Waals surface area (Å²) in [6.07, 6.45) is 0. The van der Waals surface area contributed by atoms with Gasteiger partial charge < -0.3 is 0 Å². The van der Waals surface area contributed by atoms with Gasteiger partial charge in [0.25, 0.3) is 0 Å². The molecule has 6 heteroatoms. The van der Waals surface area contributed by atoms with E-state index in [9.17, 15) is 12.3 Å². The molecule has 0 radical (unpaired) electrons. The van der Waals surface area contributed by atoms with Crippen molar-refractivity contribution in [3.8, 4) is 0 Å². The van der Waals surface area contributed by atoms with Crippen LogP contribution in [-0.4, -0.2) is 27.7 Å². The van der Waals surface area contributed by atoms with E-state index >= 15 is 0 Å². The van der Waals surface area contributed by atoms with Crippen LogP contribution in [-0.2, 0) is 0 Å². The average molecular weight is 217 g/mol. The molecule has 0 bridgehead atoms. The van der Waals surface area contributed by atoms with Crippen molar-refractivity contribution >= 4 is 16.3 Å². The Morgan fingerprint density at radius 1 is 1.08 bits per heavy atom. The molecule has 0 saturated heterocycles. The van der Waals surface area contributed by atoms with E-state index in [1.807, 2.05) is 20.8 Å². The van der Waals surface area contributed by atoms with Crippen LogP contribution in [0.25, 0.3) is 0 Å². The summed E-state index contributed by atoms with van der Waals surface area (Å²) < 4.78 is 39.3. The van der Waals surface area contributed by atoms with Gasteiger partial charge in [-0.05, 0) is 25.5 Å². The second kappa shape index (κ2) is 3.18. The van der Waals surface area contributed by atoms with Gasteiger partial charge in [-0.15, -0.1) is 0 Å². The topological polar surface area (TPSA) is 12.4 Å². The molecule has 74 valence electrons. The van der Waals surface area contributed by atoms with Gasteiger partial charge in [0.2, 0.25) is 0 Å². The average Bonchev–Trinajstić information content (AvgIpc) is 1.52. The van der Waals surface area contributed by atoms with E-state index in [1.165, 1.54) is 0 Å². The van der Waals surface area contributed by atoms with E-state index in [-0.39, 0.29) is 5.16 Å². The maximum absolute atomic E-state index is 12.1. The molecule has 0 aromatic carbocycles. The fourth-order valence-electron chi connectivity index (χ4n) is 0.433. The van der Waals surface area contributed by atoms with Gasteiger partial charge >= 0.3 is 9.24 Å². The van der Waals surface area contributed by atoms with Gasteiger partial charge in [-0.2, -0.15) is 0 Å². The number of hydrogen-bond acceptors (Lipinski definition) is 1. The lowest BCUT2D eigenvalue weighted by Gasteiger charge is -2.30. The van der Waals surface area contributed by atoms with E-state index in [1.54, 1.807) is 13.3 Å². The molecule has 12 heavy (non-hydrogen) atoms. The zero-order valence-electron chi connectivity index (χ0n) is 8.03. The van der Waals surface area contributed by atoms with Crippen LogP contribution in [0.15, 0.2) is 4.41 Å². The Hall–Kier alpha value is 0.237. The Morgan fingerprint density at radius 3 is 1.50 bits per heavy atom. The van der Waals surface area contributed by atoms with Crippen molar-refractivity contribution in [1.29, 1.82) is 0 Å². The molecule has 0 unspecified atom stereocenters. The molecule has 0 N–H and O–H groups in total. The van der Waals surface area contributed by atoms with Crippen LogP contribution in [0.4, 0.5) is 12.3 Å². The third-order valence-electron chi connectivity index (χ3n) is 2.01. The SMILES string of the molecule is CC(C)(C)P(C)(C)=N[Si](F)(F)F. The minimum absolute atomic E-state index is 0.338. The lowest BCUT2D eigenvalue weighted by molar-refractivity contribution is 0.477. The van der Waals surface area contributed by atoms with Gasteiger partial charge in [-0.3, -0.25) is 0 Å². The van der Waals surface area contributed by atoms with Crippen molar-refractivity contribution in [2.75, 3.05) is 13.3 Å². The van der Waals surface area contributed by atoms with Crippen LogP contribution < -0.4 is 0 Å². The van der Waals surface area contributed by atoms with Gasteiger partial charge in [-0.1, -0.05) is 20.8 Å². The van der Waals surface area contributed by atoms with E-state index in [0.29, 0.717) is 0 Å². The Bertz CT molecular complexity index is 210. The van der Waals surface area contributed by atoms with Crippen LogP contribution in [0, 0.1) is 0 Å². The number of hydrogen-bond donors (Lipinski definition) is 0. The van der Waals surface area contributed by atoms with Crippen LogP contribution in [0.5, 0.6) is 0 Å². The molecular weight excluding hydrogens is 202 g/mol. The third kappa shape index (κ3) is 3.76. The van der Waals surface area contributed by atoms with Crippen molar-refractivity contribution in [1.82, 2.24) is 0 Å². The molecule has 0 aliphatic carbocycles. The normalized spacial score (nSPS) is 14.7. The van der Waals surface area contributed by atoms with Gasteiger partial charge in [0.15, 0.2) is 0 Å². The Labute approximate surface area is 73.0 Å². The fraction of sp³-hybridized carbons (Fsp3) is 1.00. The van der Waals surface area contributed by atoms with Crippen molar-refractivity contribution < 1.29 is 12.3 Å². The summed E-state index contributed by atoms with van der Waals surface area (Å²) in [5, 5.41) is -0.338.